The zero-order chi connectivity index (χ0) is 14.0. The summed E-state index contributed by atoms with van der Waals surface area (Å²) in [4.78, 5) is 18.3. The van der Waals surface area contributed by atoms with Crippen LogP contribution in [0.15, 0.2) is 28.0 Å². The number of sulfonamides is 1. The highest BCUT2D eigenvalue weighted by Gasteiger charge is 2.26. The summed E-state index contributed by atoms with van der Waals surface area (Å²) in [7, 11) is -4.01. The van der Waals surface area contributed by atoms with Gasteiger partial charge in [0, 0.05) is 6.20 Å². The third-order valence-electron chi connectivity index (χ3n) is 2.22. The molecule has 0 bridgehead atoms. The van der Waals surface area contributed by atoms with E-state index in [1.54, 1.807) is 19.1 Å². The van der Waals surface area contributed by atoms with Gasteiger partial charge in [0.05, 0.1) is 5.51 Å². The summed E-state index contributed by atoms with van der Waals surface area (Å²) < 4.78 is 26.1. The predicted molar refractivity (Wildman–Crippen MR) is 68.9 cm³/mol. The molecular weight excluding hydrogens is 290 g/mol. The van der Waals surface area contributed by atoms with Crippen LogP contribution in [0.3, 0.4) is 0 Å². The Balaban J connectivity index is 2.41. The van der Waals surface area contributed by atoms with Crippen molar-refractivity contribution >= 4 is 33.1 Å². The fourth-order valence-corrected chi connectivity index (χ4v) is 3.56. The molecule has 0 saturated heterocycles. The molecule has 0 spiro atoms. The van der Waals surface area contributed by atoms with Crippen LogP contribution in [-0.4, -0.2) is 29.5 Å². The van der Waals surface area contributed by atoms with E-state index in [-0.39, 0.29) is 10.0 Å². The second kappa shape index (κ2) is 4.94. The molecule has 0 fully saturated rings. The number of hydrogen-bond donors (Lipinski definition) is 2. The van der Waals surface area contributed by atoms with E-state index in [9.17, 15) is 13.2 Å². The molecule has 2 heterocycles. The molecule has 2 rings (SSSR count). The first kappa shape index (κ1) is 13.4. The van der Waals surface area contributed by atoms with E-state index in [1.807, 2.05) is 0 Å². The van der Waals surface area contributed by atoms with Crippen LogP contribution in [0.5, 0.6) is 0 Å². The van der Waals surface area contributed by atoms with Gasteiger partial charge in [-0.25, -0.2) is 23.2 Å². The van der Waals surface area contributed by atoms with Gasteiger partial charge in [-0.05, 0) is 18.6 Å². The standard InChI is InChI=1S/C10H9N3O4S2/c1-6-3-2-4-11-8(6)13-19(16,17)10-7(9(14)15)12-5-18-10/h2-5H,1H3,(H,11,13)(H,14,15). The van der Waals surface area contributed by atoms with E-state index in [4.69, 9.17) is 5.11 Å². The highest BCUT2D eigenvalue weighted by atomic mass is 32.2. The average Bonchev–Trinajstić information content (AvgIpc) is 2.82. The highest BCUT2D eigenvalue weighted by molar-refractivity contribution is 7.94. The number of aryl methyl sites for hydroxylation is 1. The predicted octanol–water partition coefficient (Wildman–Crippen LogP) is 1.35. The first-order chi connectivity index (χ1) is 8.92. The van der Waals surface area contributed by atoms with Gasteiger partial charge in [-0.15, -0.1) is 11.3 Å². The molecule has 7 nitrogen and oxygen atoms in total. The second-order valence-corrected chi connectivity index (χ2v) is 6.30. The zero-order valence-electron chi connectivity index (χ0n) is 9.69. The van der Waals surface area contributed by atoms with Gasteiger partial charge in [-0.3, -0.25) is 4.72 Å². The number of carboxylic acid groups (broad SMARTS) is 1. The van der Waals surface area contributed by atoms with Crippen molar-refractivity contribution in [2.24, 2.45) is 0 Å². The van der Waals surface area contributed by atoms with Gasteiger partial charge in [0.25, 0.3) is 10.0 Å². The van der Waals surface area contributed by atoms with Crippen LogP contribution < -0.4 is 4.72 Å². The number of thiazole rings is 1. The van der Waals surface area contributed by atoms with E-state index in [0.29, 0.717) is 5.56 Å². The normalized spacial score (nSPS) is 11.2. The van der Waals surface area contributed by atoms with Crippen molar-refractivity contribution in [1.82, 2.24) is 9.97 Å². The number of aromatic nitrogens is 2. The molecule has 19 heavy (non-hydrogen) atoms. The molecule has 0 aromatic carbocycles. The molecule has 0 aliphatic heterocycles. The number of carbonyl (C=O) groups is 1. The Hall–Kier alpha value is -2.00. The maximum absolute atomic E-state index is 12.1. The molecule has 2 N–H and O–H groups in total. The van der Waals surface area contributed by atoms with E-state index in [0.717, 1.165) is 11.3 Å². The fourth-order valence-electron chi connectivity index (χ4n) is 1.33. The van der Waals surface area contributed by atoms with E-state index in [2.05, 4.69) is 14.7 Å². The van der Waals surface area contributed by atoms with Crippen molar-refractivity contribution in [3.63, 3.8) is 0 Å². The Morgan fingerprint density at radius 1 is 1.42 bits per heavy atom. The van der Waals surface area contributed by atoms with Crippen molar-refractivity contribution in [2.75, 3.05) is 4.72 Å². The Kier molecular flexibility index (Phi) is 3.49. The third kappa shape index (κ3) is 2.71. The fraction of sp³-hybridized carbons (Fsp3) is 0.100. The Bertz CT molecular complexity index is 724. The van der Waals surface area contributed by atoms with Crippen LogP contribution in [-0.2, 0) is 10.0 Å². The summed E-state index contributed by atoms with van der Waals surface area (Å²) >= 11 is 0.740. The van der Waals surface area contributed by atoms with E-state index >= 15 is 0 Å². The quantitative estimate of drug-likeness (QED) is 0.881. The number of rotatable bonds is 4. The van der Waals surface area contributed by atoms with Crippen LogP contribution in [0.25, 0.3) is 0 Å². The Labute approximate surface area is 113 Å². The molecule has 0 saturated carbocycles. The van der Waals surface area contributed by atoms with Crippen molar-refractivity contribution in [3.8, 4) is 0 Å². The minimum Gasteiger partial charge on any atom is -0.476 e. The van der Waals surface area contributed by atoms with Gasteiger partial charge in [0.15, 0.2) is 9.90 Å². The maximum atomic E-state index is 12.1. The second-order valence-electron chi connectivity index (χ2n) is 3.57. The molecule has 2 aromatic rings. The number of pyridine rings is 1. The lowest BCUT2D eigenvalue weighted by molar-refractivity contribution is 0.0687. The topological polar surface area (TPSA) is 109 Å². The summed E-state index contributed by atoms with van der Waals surface area (Å²) in [5, 5.41) is 8.87. The minimum atomic E-state index is -4.01. The monoisotopic (exact) mass is 299 g/mol. The van der Waals surface area contributed by atoms with Gasteiger partial charge >= 0.3 is 5.97 Å². The SMILES string of the molecule is Cc1cccnc1NS(=O)(=O)c1scnc1C(=O)O. The largest absolute Gasteiger partial charge is 0.476 e. The molecule has 0 atom stereocenters. The summed E-state index contributed by atoms with van der Waals surface area (Å²) in [6.07, 6.45) is 1.44. The number of nitrogens with one attached hydrogen (secondary N) is 1. The minimum absolute atomic E-state index is 0.159. The molecule has 2 aromatic heterocycles. The lowest BCUT2D eigenvalue weighted by Crippen LogP contribution is -2.16. The maximum Gasteiger partial charge on any atom is 0.356 e. The number of hydrogen-bond acceptors (Lipinski definition) is 6. The van der Waals surface area contributed by atoms with Crippen LogP contribution >= 0.6 is 11.3 Å². The summed E-state index contributed by atoms with van der Waals surface area (Å²) in [5.41, 5.74) is 1.31. The summed E-state index contributed by atoms with van der Waals surface area (Å²) in [6, 6.07) is 3.36. The molecule has 0 unspecified atom stereocenters. The first-order valence-corrected chi connectivity index (χ1v) is 7.39. The zero-order valence-corrected chi connectivity index (χ0v) is 11.3. The number of anilines is 1. The van der Waals surface area contributed by atoms with Crippen molar-refractivity contribution in [2.45, 2.75) is 11.1 Å². The van der Waals surface area contributed by atoms with Crippen LogP contribution in [0.4, 0.5) is 5.82 Å². The van der Waals surface area contributed by atoms with Crippen LogP contribution in [0, 0.1) is 6.92 Å². The lowest BCUT2D eigenvalue weighted by atomic mass is 10.3. The first-order valence-electron chi connectivity index (χ1n) is 5.03. The number of nitrogens with zero attached hydrogens (tertiary/aromatic N) is 2. The van der Waals surface area contributed by atoms with Crippen molar-refractivity contribution < 1.29 is 18.3 Å². The molecule has 0 aliphatic rings. The lowest BCUT2D eigenvalue weighted by Gasteiger charge is -2.07. The van der Waals surface area contributed by atoms with E-state index in [1.165, 1.54) is 11.7 Å². The van der Waals surface area contributed by atoms with Crippen molar-refractivity contribution in [1.29, 1.82) is 0 Å². The Morgan fingerprint density at radius 3 is 2.79 bits per heavy atom. The molecule has 0 amide bonds. The molecule has 0 aliphatic carbocycles. The Morgan fingerprint density at radius 2 is 2.16 bits per heavy atom. The number of aromatic carboxylic acids is 1. The molecular formula is C10H9N3O4S2. The molecule has 9 heteroatoms. The van der Waals surface area contributed by atoms with Gasteiger partial charge in [0.2, 0.25) is 0 Å². The van der Waals surface area contributed by atoms with Gasteiger partial charge in [0.1, 0.15) is 5.82 Å². The van der Waals surface area contributed by atoms with Gasteiger partial charge < -0.3 is 5.11 Å². The van der Waals surface area contributed by atoms with Crippen LogP contribution in [0.2, 0.25) is 0 Å². The smallest absolute Gasteiger partial charge is 0.356 e. The average molecular weight is 299 g/mol. The van der Waals surface area contributed by atoms with Gasteiger partial charge in [-0.2, -0.15) is 0 Å². The molecule has 100 valence electrons. The summed E-state index contributed by atoms with van der Waals surface area (Å²) in [6.45, 7) is 1.69. The van der Waals surface area contributed by atoms with E-state index < -0.39 is 21.7 Å². The summed E-state index contributed by atoms with van der Waals surface area (Å²) in [5.74, 6) is -1.23. The number of carboxylic acids is 1. The highest BCUT2D eigenvalue weighted by Crippen LogP contribution is 2.23. The third-order valence-corrected chi connectivity index (χ3v) is 4.93. The van der Waals surface area contributed by atoms with Crippen molar-refractivity contribution in [3.05, 3.63) is 35.1 Å². The van der Waals surface area contributed by atoms with Gasteiger partial charge in [-0.1, -0.05) is 6.07 Å². The molecule has 0 radical (unpaired) electrons. The van der Waals surface area contributed by atoms with Crippen LogP contribution in [0.1, 0.15) is 16.1 Å².